The van der Waals surface area contributed by atoms with Gasteiger partial charge in [0.1, 0.15) is 6.10 Å². The summed E-state index contributed by atoms with van der Waals surface area (Å²) in [5, 5.41) is 36.5. The minimum absolute atomic E-state index is 0.0774. The molecule has 8 heteroatoms. The first-order valence-corrected chi connectivity index (χ1v) is 11.1. The Kier molecular flexibility index (Phi) is 10.3. The summed E-state index contributed by atoms with van der Waals surface area (Å²) in [4.78, 5) is 9.25. The predicted octanol–water partition coefficient (Wildman–Crippen LogP) is -0.299. The van der Waals surface area contributed by atoms with Gasteiger partial charge in [-0.15, -0.1) is 0 Å². The third-order valence-electron chi connectivity index (χ3n) is 2.61. The highest BCUT2D eigenvalue weighted by atomic mass is 28.4. The summed E-state index contributed by atoms with van der Waals surface area (Å²) in [6.45, 7) is 10.3. The summed E-state index contributed by atoms with van der Waals surface area (Å²) < 4.78 is 5.65. The van der Waals surface area contributed by atoms with Crippen LogP contribution in [0.5, 0.6) is 0 Å². The molecular weight excluding hydrogens is 296 g/mol. The van der Waals surface area contributed by atoms with Gasteiger partial charge in [0.15, 0.2) is 14.1 Å². The van der Waals surface area contributed by atoms with Gasteiger partial charge in [0, 0.05) is 16.3 Å². The third kappa shape index (κ3) is 8.61. The Hall–Kier alpha value is -0.516. The van der Waals surface area contributed by atoms with E-state index in [-0.39, 0.29) is 5.54 Å². The highest BCUT2D eigenvalue weighted by molar-refractivity contribution is 6.69. The van der Waals surface area contributed by atoms with Crippen molar-refractivity contribution in [3.05, 3.63) is 12.7 Å². The molecule has 0 bridgehead atoms. The third-order valence-corrected chi connectivity index (χ3v) is 5.20. The first-order chi connectivity index (χ1) is 8.94. The molecule has 20 heavy (non-hydrogen) atoms. The molecule has 120 valence electrons. The van der Waals surface area contributed by atoms with E-state index in [1.54, 1.807) is 0 Å². The number of carbonyl (C=O) groups is 1. The van der Waals surface area contributed by atoms with Crippen LogP contribution >= 0.6 is 0 Å². The molecule has 4 N–H and O–H groups in total. The van der Waals surface area contributed by atoms with Gasteiger partial charge in [-0.2, -0.15) is 0 Å². The fourth-order valence-electron chi connectivity index (χ4n) is 1.41. The van der Waals surface area contributed by atoms with Crippen LogP contribution in [0.25, 0.3) is 0 Å². The van der Waals surface area contributed by atoms with Crippen molar-refractivity contribution in [3.63, 3.8) is 0 Å². The number of carboxylic acids is 1. The minimum atomic E-state index is -1.95. The molecule has 0 spiro atoms. The maximum Gasteiger partial charge on any atom is 0.327 e. The van der Waals surface area contributed by atoms with E-state index in [1.807, 2.05) is 26.6 Å². The first kappa shape index (κ1) is 21.8. The molecule has 3 unspecified atom stereocenters. The highest BCUT2D eigenvalue weighted by Crippen LogP contribution is 2.31. The van der Waals surface area contributed by atoms with Crippen LogP contribution in [0.3, 0.4) is 0 Å². The minimum Gasteiger partial charge on any atom is -0.478 e. The first-order valence-electron chi connectivity index (χ1n) is 6.51. The highest BCUT2D eigenvalue weighted by Gasteiger charge is 2.44. The second kappa shape index (κ2) is 9.43. The van der Waals surface area contributed by atoms with E-state index in [2.05, 4.69) is 6.58 Å². The zero-order valence-corrected chi connectivity index (χ0v) is 16.0. The van der Waals surface area contributed by atoms with E-state index < -0.39 is 32.8 Å². The Morgan fingerprint density at radius 2 is 1.90 bits per heavy atom. The molecule has 0 saturated carbocycles. The lowest BCUT2D eigenvalue weighted by Crippen LogP contribution is -2.55. The van der Waals surface area contributed by atoms with Crippen LogP contribution in [0.15, 0.2) is 12.7 Å². The van der Waals surface area contributed by atoms with Crippen LogP contribution in [0.4, 0.5) is 0 Å². The molecule has 0 fully saturated rings. The van der Waals surface area contributed by atoms with Crippen molar-refractivity contribution in [2.24, 2.45) is 0 Å². The Balaban J connectivity index is 0. The zero-order chi connectivity index (χ0) is 16.6. The summed E-state index contributed by atoms with van der Waals surface area (Å²) >= 11 is 0. The van der Waals surface area contributed by atoms with Crippen LogP contribution < -0.4 is 0 Å². The molecule has 0 saturated heterocycles. The number of rotatable bonds is 7. The standard InChI is InChI=1S/C9H24O4Si2.C3H4O2/c1-5-8(14)9(12,7(11)6-10)13-15(2,3)4;1-2-3(4)5/h7-8,10-12H,5-6H2,1-4,14H3;2H,1H2,(H,4,5). The second-order valence-corrected chi connectivity index (χ2v) is 11.3. The van der Waals surface area contributed by atoms with Gasteiger partial charge in [-0.3, -0.25) is 0 Å². The van der Waals surface area contributed by atoms with Crippen LogP contribution in [-0.4, -0.2) is 63.5 Å². The quantitative estimate of drug-likeness (QED) is 0.291. The lowest BCUT2D eigenvalue weighted by molar-refractivity contribution is -0.222. The van der Waals surface area contributed by atoms with E-state index in [4.69, 9.17) is 14.6 Å². The van der Waals surface area contributed by atoms with Crippen molar-refractivity contribution in [2.75, 3.05) is 6.61 Å². The molecule has 0 amide bonds. The maximum atomic E-state index is 10.3. The van der Waals surface area contributed by atoms with E-state index in [9.17, 15) is 15.0 Å². The number of aliphatic carboxylic acids is 1. The fourth-order valence-corrected chi connectivity index (χ4v) is 3.47. The SMILES string of the molecule is C=CC(=O)O.CCC([SiH3])C(O)(O[Si](C)(C)C)C(O)CO. The van der Waals surface area contributed by atoms with Crippen LogP contribution in [0.1, 0.15) is 13.3 Å². The van der Waals surface area contributed by atoms with Crippen molar-refractivity contribution >= 4 is 24.5 Å². The Bertz CT molecular complexity index is 293. The van der Waals surface area contributed by atoms with Gasteiger partial charge >= 0.3 is 5.97 Å². The number of carboxylic acid groups (broad SMARTS) is 1. The van der Waals surface area contributed by atoms with Crippen molar-refractivity contribution in [1.82, 2.24) is 0 Å². The summed E-state index contributed by atoms with van der Waals surface area (Å²) in [6.07, 6.45) is 0.358. The van der Waals surface area contributed by atoms with Crippen molar-refractivity contribution in [3.8, 4) is 0 Å². The van der Waals surface area contributed by atoms with E-state index in [1.165, 1.54) is 0 Å². The predicted molar refractivity (Wildman–Crippen MR) is 84.3 cm³/mol. The number of hydrogen-bond acceptors (Lipinski definition) is 5. The number of aliphatic hydroxyl groups is 3. The smallest absolute Gasteiger partial charge is 0.327 e. The molecule has 0 rings (SSSR count). The summed E-state index contributed by atoms with van der Waals surface area (Å²) in [5.41, 5.74) is -0.0774. The molecular formula is C12H28O6Si2. The van der Waals surface area contributed by atoms with E-state index >= 15 is 0 Å². The normalized spacial score (nSPS) is 17.4. The van der Waals surface area contributed by atoms with Crippen molar-refractivity contribution < 1.29 is 29.6 Å². The molecule has 0 heterocycles. The summed E-state index contributed by atoms with van der Waals surface area (Å²) in [5.74, 6) is -2.55. The average molecular weight is 325 g/mol. The zero-order valence-electron chi connectivity index (χ0n) is 13.0. The van der Waals surface area contributed by atoms with Gasteiger partial charge in [-0.05, 0) is 25.2 Å². The monoisotopic (exact) mass is 324 g/mol. The summed E-state index contributed by atoms with van der Waals surface area (Å²) in [6, 6.07) is 0. The van der Waals surface area contributed by atoms with Gasteiger partial charge in [-0.25, -0.2) is 4.79 Å². The van der Waals surface area contributed by atoms with Gasteiger partial charge in [0.05, 0.1) is 6.61 Å². The molecule has 3 atom stereocenters. The summed E-state index contributed by atoms with van der Waals surface area (Å²) in [7, 11) is -1.23. The van der Waals surface area contributed by atoms with Gasteiger partial charge < -0.3 is 24.9 Å². The largest absolute Gasteiger partial charge is 0.478 e. The number of aliphatic hydroxyl groups excluding tert-OH is 2. The van der Waals surface area contributed by atoms with Crippen LogP contribution in [0.2, 0.25) is 25.2 Å². The van der Waals surface area contributed by atoms with Gasteiger partial charge in [-0.1, -0.05) is 19.9 Å². The van der Waals surface area contributed by atoms with E-state index in [0.717, 1.165) is 22.7 Å². The molecule has 0 aliphatic heterocycles. The molecule has 0 aromatic heterocycles. The van der Waals surface area contributed by atoms with Gasteiger partial charge in [0.25, 0.3) is 0 Å². The Morgan fingerprint density at radius 3 is 2.10 bits per heavy atom. The Labute approximate surface area is 124 Å². The fraction of sp³-hybridized carbons (Fsp3) is 0.750. The molecule has 0 aromatic carbocycles. The average Bonchev–Trinajstić information content (AvgIpc) is 2.35. The Morgan fingerprint density at radius 1 is 1.50 bits per heavy atom. The molecule has 0 radical (unpaired) electrons. The van der Waals surface area contributed by atoms with Gasteiger partial charge in [0.2, 0.25) is 0 Å². The molecule has 0 aromatic rings. The maximum absolute atomic E-state index is 10.3. The molecule has 0 aliphatic rings. The number of hydrogen-bond donors (Lipinski definition) is 4. The van der Waals surface area contributed by atoms with Crippen molar-refractivity contribution in [2.45, 2.75) is 50.4 Å². The second-order valence-electron chi connectivity index (χ2n) is 5.52. The lowest BCUT2D eigenvalue weighted by atomic mass is 10.0. The van der Waals surface area contributed by atoms with E-state index in [0.29, 0.717) is 0 Å². The van der Waals surface area contributed by atoms with Crippen molar-refractivity contribution in [1.29, 1.82) is 0 Å². The lowest BCUT2D eigenvalue weighted by Gasteiger charge is -2.41. The molecule has 0 aliphatic carbocycles. The topological polar surface area (TPSA) is 107 Å². The van der Waals surface area contributed by atoms with Crippen LogP contribution in [0, 0.1) is 0 Å². The van der Waals surface area contributed by atoms with Crippen LogP contribution in [-0.2, 0) is 9.22 Å². The molecule has 6 nitrogen and oxygen atoms in total.